The van der Waals surface area contributed by atoms with Gasteiger partial charge in [-0.25, -0.2) is 14.6 Å². The smallest absolute Gasteiger partial charge is 0.242 e. The molecule has 3 aromatic heterocycles. The minimum Gasteiger partial charge on any atom is -0.356 e. The van der Waals surface area contributed by atoms with Gasteiger partial charge in [-0.1, -0.05) is 6.07 Å². The van der Waals surface area contributed by atoms with Gasteiger partial charge in [0.25, 0.3) is 0 Å². The average Bonchev–Trinajstić information content (AvgIpc) is 3.05. The van der Waals surface area contributed by atoms with Crippen LogP contribution in [0.2, 0.25) is 0 Å². The van der Waals surface area contributed by atoms with E-state index in [1.165, 1.54) is 6.33 Å². The molecule has 0 saturated heterocycles. The van der Waals surface area contributed by atoms with Gasteiger partial charge in [0, 0.05) is 32.0 Å². The van der Waals surface area contributed by atoms with Crippen molar-refractivity contribution in [1.82, 2.24) is 30.0 Å². The zero-order valence-electron chi connectivity index (χ0n) is 14.4. The summed E-state index contributed by atoms with van der Waals surface area (Å²) in [5.41, 5.74) is 1.61. The Kier molecular flexibility index (Phi) is 5.17. The van der Waals surface area contributed by atoms with Crippen LogP contribution < -0.4 is 10.2 Å². The molecule has 0 saturated carbocycles. The van der Waals surface area contributed by atoms with Gasteiger partial charge in [0.05, 0.1) is 11.6 Å². The number of rotatable bonds is 7. The van der Waals surface area contributed by atoms with E-state index in [2.05, 4.69) is 44.1 Å². The highest BCUT2D eigenvalue weighted by Crippen LogP contribution is 2.22. The molecular formula is C17H21N7O. The van der Waals surface area contributed by atoms with E-state index in [4.69, 9.17) is 0 Å². The number of amides is 1. The number of carbonyl (C=O) groups excluding carboxylic acids is 1. The molecule has 3 rings (SSSR count). The van der Waals surface area contributed by atoms with Gasteiger partial charge < -0.3 is 10.2 Å². The van der Waals surface area contributed by atoms with Gasteiger partial charge in [-0.2, -0.15) is 5.10 Å². The second kappa shape index (κ2) is 7.69. The normalized spacial score (nSPS) is 10.8. The molecule has 8 nitrogen and oxygen atoms in total. The highest BCUT2D eigenvalue weighted by molar-refractivity contribution is 5.87. The van der Waals surface area contributed by atoms with Crippen LogP contribution in [-0.2, 0) is 17.9 Å². The number of pyridine rings is 1. The molecule has 25 heavy (non-hydrogen) atoms. The largest absolute Gasteiger partial charge is 0.356 e. The summed E-state index contributed by atoms with van der Waals surface area (Å²) in [5.74, 6) is 0.717. The summed E-state index contributed by atoms with van der Waals surface area (Å²) in [4.78, 5) is 27.0. The van der Waals surface area contributed by atoms with E-state index in [0.717, 1.165) is 29.9 Å². The Labute approximate surface area is 145 Å². The van der Waals surface area contributed by atoms with Crippen LogP contribution in [0, 0.1) is 0 Å². The molecule has 1 amide bonds. The quantitative estimate of drug-likeness (QED) is 0.700. The van der Waals surface area contributed by atoms with Gasteiger partial charge in [-0.15, -0.1) is 0 Å². The van der Waals surface area contributed by atoms with Crippen LogP contribution in [-0.4, -0.2) is 43.7 Å². The number of nitrogens with one attached hydrogen (secondary N) is 1. The Morgan fingerprint density at radius 1 is 1.24 bits per heavy atom. The van der Waals surface area contributed by atoms with E-state index in [9.17, 15) is 4.79 Å². The van der Waals surface area contributed by atoms with Crippen LogP contribution in [0.5, 0.6) is 0 Å². The number of hydrogen-bond donors (Lipinski definition) is 1. The first kappa shape index (κ1) is 16.8. The zero-order chi connectivity index (χ0) is 17.6. The Bertz CT molecular complexity index is 843. The fourth-order valence-corrected chi connectivity index (χ4v) is 2.67. The highest BCUT2D eigenvalue weighted by atomic mass is 16.2. The Hall–Kier alpha value is -3.03. The number of nitrogens with zero attached hydrogens (tertiary/aromatic N) is 6. The number of fused-ring (bicyclic) bond motifs is 1. The molecule has 0 aliphatic heterocycles. The van der Waals surface area contributed by atoms with Crippen molar-refractivity contribution in [2.45, 2.75) is 26.9 Å². The predicted octanol–water partition coefficient (Wildman–Crippen LogP) is 1.38. The fraction of sp³-hybridized carbons (Fsp3) is 0.353. The van der Waals surface area contributed by atoms with Crippen LogP contribution >= 0.6 is 0 Å². The standard InChI is InChI=1S/C17H21N7O/c1-3-23(4-2)16-14-10-22-24(17(14)21-12-20-16)11-15(25)19-9-13-6-5-7-18-8-13/h5-8,10,12H,3-4,9,11H2,1-2H3,(H,19,25). The zero-order valence-corrected chi connectivity index (χ0v) is 14.4. The molecule has 0 fully saturated rings. The van der Waals surface area contributed by atoms with Crippen LogP contribution in [0.25, 0.3) is 11.0 Å². The van der Waals surface area contributed by atoms with Gasteiger partial charge in [-0.05, 0) is 25.5 Å². The lowest BCUT2D eigenvalue weighted by Crippen LogP contribution is -2.27. The molecule has 8 heteroatoms. The van der Waals surface area contributed by atoms with Crippen LogP contribution in [0.3, 0.4) is 0 Å². The van der Waals surface area contributed by atoms with Gasteiger partial charge in [0.1, 0.15) is 18.7 Å². The van der Waals surface area contributed by atoms with E-state index in [1.54, 1.807) is 23.3 Å². The first-order valence-corrected chi connectivity index (χ1v) is 8.30. The maximum atomic E-state index is 12.2. The van der Waals surface area contributed by atoms with Crippen LogP contribution in [0.1, 0.15) is 19.4 Å². The summed E-state index contributed by atoms with van der Waals surface area (Å²) >= 11 is 0. The molecule has 3 aromatic rings. The van der Waals surface area contributed by atoms with Crippen molar-refractivity contribution in [3.63, 3.8) is 0 Å². The second-order valence-corrected chi connectivity index (χ2v) is 5.55. The molecule has 130 valence electrons. The maximum absolute atomic E-state index is 12.2. The minimum atomic E-state index is -0.128. The maximum Gasteiger partial charge on any atom is 0.242 e. The molecule has 3 heterocycles. The van der Waals surface area contributed by atoms with Crippen molar-refractivity contribution >= 4 is 22.8 Å². The lowest BCUT2D eigenvalue weighted by molar-refractivity contribution is -0.121. The Morgan fingerprint density at radius 3 is 2.80 bits per heavy atom. The molecule has 0 spiro atoms. The summed E-state index contributed by atoms with van der Waals surface area (Å²) in [6.45, 7) is 6.39. The summed E-state index contributed by atoms with van der Waals surface area (Å²) in [6.07, 6.45) is 6.67. The van der Waals surface area contributed by atoms with Crippen molar-refractivity contribution in [1.29, 1.82) is 0 Å². The molecule has 0 bridgehead atoms. The molecule has 0 aliphatic carbocycles. The predicted molar refractivity (Wildman–Crippen MR) is 95.0 cm³/mol. The summed E-state index contributed by atoms with van der Waals surface area (Å²) in [5, 5.41) is 8.04. The van der Waals surface area contributed by atoms with E-state index in [1.807, 2.05) is 12.1 Å². The third-order valence-electron chi connectivity index (χ3n) is 3.98. The van der Waals surface area contributed by atoms with Gasteiger partial charge in [0.15, 0.2) is 5.65 Å². The molecule has 0 aromatic carbocycles. The van der Waals surface area contributed by atoms with Gasteiger partial charge in [-0.3, -0.25) is 9.78 Å². The minimum absolute atomic E-state index is 0.110. The van der Waals surface area contributed by atoms with E-state index >= 15 is 0 Å². The molecule has 0 unspecified atom stereocenters. The number of anilines is 1. The third kappa shape index (κ3) is 3.73. The third-order valence-corrected chi connectivity index (χ3v) is 3.98. The molecule has 0 radical (unpaired) electrons. The van der Waals surface area contributed by atoms with Crippen molar-refractivity contribution in [2.75, 3.05) is 18.0 Å². The Balaban J connectivity index is 1.73. The topological polar surface area (TPSA) is 88.8 Å². The summed E-state index contributed by atoms with van der Waals surface area (Å²) < 4.78 is 1.60. The van der Waals surface area contributed by atoms with Gasteiger partial charge >= 0.3 is 0 Å². The molecule has 0 aliphatic rings. The lowest BCUT2D eigenvalue weighted by Gasteiger charge is -2.19. The van der Waals surface area contributed by atoms with E-state index in [0.29, 0.717) is 12.2 Å². The number of carbonyl (C=O) groups is 1. The van der Waals surface area contributed by atoms with E-state index < -0.39 is 0 Å². The van der Waals surface area contributed by atoms with E-state index in [-0.39, 0.29) is 12.5 Å². The van der Waals surface area contributed by atoms with Gasteiger partial charge in [0.2, 0.25) is 5.91 Å². The van der Waals surface area contributed by atoms with Crippen LogP contribution in [0.4, 0.5) is 5.82 Å². The SMILES string of the molecule is CCN(CC)c1ncnc2c1cnn2CC(=O)NCc1cccnc1. The molecular weight excluding hydrogens is 318 g/mol. The molecule has 0 atom stereocenters. The monoisotopic (exact) mass is 339 g/mol. The average molecular weight is 339 g/mol. The number of aromatic nitrogens is 5. The summed E-state index contributed by atoms with van der Waals surface area (Å²) in [6, 6.07) is 3.76. The molecule has 1 N–H and O–H groups in total. The fourth-order valence-electron chi connectivity index (χ4n) is 2.67. The van der Waals surface area contributed by atoms with Crippen molar-refractivity contribution in [3.05, 3.63) is 42.6 Å². The first-order valence-electron chi connectivity index (χ1n) is 8.30. The first-order chi connectivity index (χ1) is 12.2. The second-order valence-electron chi connectivity index (χ2n) is 5.55. The lowest BCUT2D eigenvalue weighted by atomic mass is 10.3. The Morgan fingerprint density at radius 2 is 2.08 bits per heavy atom. The highest BCUT2D eigenvalue weighted by Gasteiger charge is 2.15. The number of hydrogen-bond acceptors (Lipinski definition) is 6. The van der Waals surface area contributed by atoms with Crippen molar-refractivity contribution < 1.29 is 4.79 Å². The van der Waals surface area contributed by atoms with Crippen molar-refractivity contribution in [3.8, 4) is 0 Å². The van der Waals surface area contributed by atoms with Crippen LogP contribution in [0.15, 0.2) is 37.1 Å². The van der Waals surface area contributed by atoms with Crippen molar-refractivity contribution in [2.24, 2.45) is 0 Å². The summed E-state index contributed by atoms with van der Waals surface area (Å²) in [7, 11) is 0.